The standard InChI is InChI=1S/C28H15BF10Si/c1-9-13(16-19(30)23(34)27(38)24(35)20(16)31)15-12(40(2)3)8-10-6-4-5-7-11(10)14(15)17(9)29-18-21(32)25(36)28(39)26(37)22(18)33/h4-9H,1-3H3. The molecule has 1 unspecified atom stereocenters. The van der Waals surface area contributed by atoms with E-state index < -0.39 is 83.5 Å². The van der Waals surface area contributed by atoms with Crippen molar-refractivity contribution in [3.05, 3.63) is 110 Å². The molecule has 0 spiro atoms. The van der Waals surface area contributed by atoms with Crippen molar-refractivity contribution in [3.8, 4) is 0 Å². The number of hydrogen-bond donors (Lipinski definition) is 0. The van der Waals surface area contributed by atoms with Crippen LogP contribution < -0.4 is 10.7 Å². The number of fused-ring (bicyclic) bond motifs is 3. The summed E-state index contributed by atoms with van der Waals surface area (Å²) in [5, 5.41) is 1.05. The zero-order chi connectivity index (χ0) is 29.4. The van der Waals surface area contributed by atoms with E-state index in [4.69, 9.17) is 0 Å². The van der Waals surface area contributed by atoms with Crippen LogP contribution in [0.3, 0.4) is 0 Å². The fraction of sp³-hybridized carbons (Fsp3) is 0.143. The van der Waals surface area contributed by atoms with Gasteiger partial charge in [-0.25, -0.2) is 0 Å². The molecular weight excluding hydrogens is 565 g/mol. The van der Waals surface area contributed by atoms with Gasteiger partial charge in [-0.15, -0.1) is 0 Å². The second kappa shape index (κ2) is 9.83. The van der Waals surface area contributed by atoms with Crippen LogP contribution in [0.5, 0.6) is 0 Å². The summed E-state index contributed by atoms with van der Waals surface area (Å²) < 4.78 is 144. The third kappa shape index (κ3) is 3.90. The molecule has 40 heavy (non-hydrogen) atoms. The van der Waals surface area contributed by atoms with Crippen molar-refractivity contribution in [2.45, 2.75) is 20.0 Å². The minimum atomic E-state index is -2.37. The minimum absolute atomic E-state index is 0.0865. The van der Waals surface area contributed by atoms with Gasteiger partial charge in [-0.1, -0.05) is 0 Å². The van der Waals surface area contributed by atoms with Crippen molar-refractivity contribution in [2.75, 3.05) is 0 Å². The predicted molar refractivity (Wildman–Crippen MR) is 134 cm³/mol. The number of halogens is 10. The molecular formula is C28H15BF10Si. The summed E-state index contributed by atoms with van der Waals surface area (Å²) in [6.07, 6.45) is 0. The van der Waals surface area contributed by atoms with Gasteiger partial charge in [0.2, 0.25) is 0 Å². The van der Waals surface area contributed by atoms with Gasteiger partial charge in [0.15, 0.2) is 0 Å². The van der Waals surface area contributed by atoms with Crippen LogP contribution in [0, 0.1) is 68.9 Å². The summed E-state index contributed by atoms with van der Waals surface area (Å²) in [5.74, 6) is -23.3. The number of hydrogen-bond acceptors (Lipinski definition) is 0. The monoisotopic (exact) mass is 580 g/mol. The fourth-order valence-corrected chi connectivity index (χ4v) is 6.40. The van der Waals surface area contributed by atoms with Crippen LogP contribution in [0.1, 0.15) is 18.1 Å². The van der Waals surface area contributed by atoms with Crippen molar-refractivity contribution in [2.24, 2.45) is 5.92 Å². The first kappa shape index (κ1) is 28.0. The van der Waals surface area contributed by atoms with Crippen molar-refractivity contribution < 1.29 is 43.9 Å². The zero-order valence-corrected chi connectivity index (χ0v) is 21.8. The zero-order valence-electron chi connectivity index (χ0n) is 20.8. The Morgan fingerprint density at radius 1 is 0.625 bits per heavy atom. The van der Waals surface area contributed by atoms with Gasteiger partial charge in [-0.05, 0) is 0 Å². The molecule has 204 valence electrons. The van der Waals surface area contributed by atoms with Gasteiger partial charge in [0.1, 0.15) is 0 Å². The van der Waals surface area contributed by atoms with Gasteiger partial charge >= 0.3 is 222 Å². The van der Waals surface area contributed by atoms with Gasteiger partial charge in [-0.3, -0.25) is 0 Å². The molecule has 0 bridgehead atoms. The van der Waals surface area contributed by atoms with Gasteiger partial charge in [0, 0.05) is 0 Å². The number of rotatable bonds is 2. The van der Waals surface area contributed by atoms with Gasteiger partial charge in [0.05, 0.1) is 0 Å². The SMILES string of the molecule is CC1C(=Bc2c(F)c(F)c(F)c(F)c2F)c2c(c(=[Si](C)C)cc3ccccc23)=C1c1c(F)c(F)c(F)c(F)c1F. The topological polar surface area (TPSA) is 0 Å². The summed E-state index contributed by atoms with van der Waals surface area (Å²) in [6.45, 7) is 5.58. The van der Waals surface area contributed by atoms with Crippen molar-refractivity contribution >= 4 is 42.6 Å². The van der Waals surface area contributed by atoms with Crippen LogP contribution in [0.4, 0.5) is 43.9 Å². The van der Waals surface area contributed by atoms with Crippen LogP contribution in [0.15, 0.2) is 30.3 Å². The van der Waals surface area contributed by atoms with E-state index in [1.54, 1.807) is 30.3 Å². The molecule has 0 aromatic heterocycles. The molecule has 0 amide bonds. The molecule has 0 N–H and O–H groups in total. The third-order valence-corrected chi connectivity index (χ3v) is 8.54. The molecule has 4 aromatic carbocycles. The second-order valence-electron chi connectivity index (χ2n) is 9.56. The summed E-state index contributed by atoms with van der Waals surface area (Å²) in [4.78, 5) is 0.505. The average Bonchev–Trinajstić information content (AvgIpc) is 3.22. The van der Waals surface area contributed by atoms with E-state index in [0.717, 1.165) is 0 Å². The van der Waals surface area contributed by atoms with Gasteiger partial charge < -0.3 is 0 Å². The van der Waals surface area contributed by atoms with E-state index in [9.17, 15) is 35.1 Å². The van der Waals surface area contributed by atoms with Crippen LogP contribution in [-0.4, -0.2) is 20.8 Å². The maximum absolute atomic E-state index is 15.2. The summed E-state index contributed by atoms with van der Waals surface area (Å²) in [7, 11) is -1.54. The van der Waals surface area contributed by atoms with E-state index in [0.29, 0.717) is 22.5 Å². The third-order valence-electron chi connectivity index (χ3n) is 7.07. The first-order valence-corrected chi connectivity index (χ1v) is 14.3. The van der Waals surface area contributed by atoms with Crippen LogP contribution in [0.2, 0.25) is 13.1 Å². The summed E-state index contributed by atoms with van der Waals surface area (Å²) in [6, 6.07) is 8.21. The van der Waals surface area contributed by atoms with Gasteiger partial charge in [0.25, 0.3) is 0 Å². The van der Waals surface area contributed by atoms with E-state index in [1.807, 2.05) is 13.1 Å². The molecule has 0 aliphatic heterocycles. The van der Waals surface area contributed by atoms with E-state index in [1.165, 1.54) is 6.92 Å². The molecule has 0 fully saturated rings. The molecule has 4 aromatic rings. The number of benzene rings is 4. The molecule has 1 aliphatic carbocycles. The van der Waals surface area contributed by atoms with Crippen molar-refractivity contribution in [1.82, 2.24) is 0 Å². The van der Waals surface area contributed by atoms with Gasteiger partial charge in [-0.2, -0.15) is 0 Å². The fourth-order valence-electron chi connectivity index (χ4n) is 5.19. The first-order chi connectivity index (χ1) is 18.8. The second-order valence-corrected chi connectivity index (χ2v) is 12.1. The Balaban J connectivity index is 2.05. The van der Waals surface area contributed by atoms with Crippen LogP contribution in [0.25, 0.3) is 16.3 Å². The van der Waals surface area contributed by atoms with E-state index in [2.05, 4.69) is 0 Å². The Kier molecular flexibility index (Phi) is 6.88. The van der Waals surface area contributed by atoms with Crippen molar-refractivity contribution in [3.63, 3.8) is 0 Å². The predicted octanol–water partition coefficient (Wildman–Crippen LogP) is 6.22. The molecule has 0 saturated carbocycles. The molecule has 0 saturated heterocycles. The van der Waals surface area contributed by atoms with E-state index in [-0.39, 0.29) is 21.8 Å². The Hall–Kier alpha value is -3.54. The Morgan fingerprint density at radius 2 is 1.10 bits per heavy atom. The molecule has 1 aliphatic rings. The summed E-state index contributed by atoms with van der Waals surface area (Å²) in [5.41, 5.74) is -2.89. The van der Waals surface area contributed by atoms with Crippen LogP contribution in [-0.2, 0) is 0 Å². The Bertz CT molecular complexity index is 1890. The molecule has 5 rings (SSSR count). The molecule has 12 heteroatoms. The Labute approximate surface area is 222 Å². The van der Waals surface area contributed by atoms with Crippen molar-refractivity contribution in [1.29, 1.82) is 0 Å². The quantitative estimate of drug-likeness (QED) is 0.114. The Morgan fingerprint density at radius 3 is 1.62 bits per heavy atom. The van der Waals surface area contributed by atoms with E-state index >= 15 is 8.78 Å². The average molecular weight is 580 g/mol. The molecule has 1 atom stereocenters. The molecule has 0 nitrogen and oxygen atoms in total. The summed E-state index contributed by atoms with van der Waals surface area (Å²) >= 11 is 0. The first-order valence-electron chi connectivity index (χ1n) is 11.8. The van der Waals surface area contributed by atoms with Crippen LogP contribution >= 0.6 is 0 Å². The normalized spacial score (nSPS) is 15.7. The molecule has 0 radical (unpaired) electrons. The molecule has 0 heterocycles. The maximum atomic E-state index is 15.2.